The van der Waals surface area contributed by atoms with Crippen molar-refractivity contribution < 1.29 is 24.2 Å². The Morgan fingerprint density at radius 3 is 2.28 bits per heavy atom. The Kier molecular flexibility index (Phi) is 8.56. The molecule has 0 aromatic heterocycles. The molecule has 1 N–H and O–H groups in total. The smallest absolute Gasteiger partial charge is 0.295 e. The normalized spacial score (nSPS) is 17.1. The Bertz CT molecular complexity index is 1350. The van der Waals surface area contributed by atoms with Gasteiger partial charge < -0.3 is 19.5 Å². The zero-order valence-corrected chi connectivity index (χ0v) is 23.4. The zero-order valence-electron chi connectivity index (χ0n) is 23.4. The van der Waals surface area contributed by atoms with Crippen LogP contribution in [0.15, 0.2) is 78.4 Å². The van der Waals surface area contributed by atoms with Gasteiger partial charge in [0, 0.05) is 25.8 Å². The third-order valence-electron chi connectivity index (χ3n) is 7.00. The monoisotopic (exact) mass is 527 g/mol. The molecule has 4 rings (SSSR count). The third kappa shape index (κ3) is 6.40. The molecule has 1 aliphatic rings. The molecule has 0 saturated carbocycles. The molecule has 6 heteroatoms. The van der Waals surface area contributed by atoms with E-state index in [2.05, 4.69) is 26.8 Å². The van der Waals surface area contributed by atoms with Gasteiger partial charge in [-0.25, -0.2) is 0 Å². The maximum absolute atomic E-state index is 13.3. The summed E-state index contributed by atoms with van der Waals surface area (Å²) in [5.41, 5.74) is 4.65. The minimum absolute atomic E-state index is 0.0397. The van der Waals surface area contributed by atoms with Gasteiger partial charge in [-0.1, -0.05) is 74.9 Å². The zero-order chi connectivity index (χ0) is 28.2. The molecule has 0 radical (unpaired) electrons. The van der Waals surface area contributed by atoms with Crippen LogP contribution in [0.3, 0.4) is 0 Å². The van der Waals surface area contributed by atoms with E-state index in [0.29, 0.717) is 37.5 Å². The van der Waals surface area contributed by atoms with Gasteiger partial charge in [0.15, 0.2) is 0 Å². The van der Waals surface area contributed by atoms with Crippen molar-refractivity contribution in [2.75, 3.05) is 20.3 Å². The van der Waals surface area contributed by atoms with Gasteiger partial charge in [0.1, 0.15) is 18.1 Å². The summed E-state index contributed by atoms with van der Waals surface area (Å²) in [6.07, 6.45) is 0.576. The number of hydrogen-bond acceptors (Lipinski definition) is 5. The molecular weight excluding hydrogens is 490 g/mol. The lowest BCUT2D eigenvalue weighted by atomic mass is 9.85. The van der Waals surface area contributed by atoms with Crippen molar-refractivity contribution in [3.8, 4) is 5.75 Å². The fraction of sp³-hybridized carbons (Fsp3) is 0.333. The number of Topliss-reactive ketones (excluding diaryl/α,β-unsaturated/α-hetero) is 1. The summed E-state index contributed by atoms with van der Waals surface area (Å²) < 4.78 is 11.1. The number of amides is 1. The SMILES string of the molecule is COCCCN1C(=O)C(=O)C(=C(O)c2ccc(OCc3cccc(C)c3)cc2)C1c1ccc(C(C)(C)C)cc1. The highest BCUT2D eigenvalue weighted by atomic mass is 16.5. The quantitative estimate of drug-likeness (QED) is 0.152. The molecule has 1 saturated heterocycles. The Hall–Kier alpha value is -3.90. The Labute approximate surface area is 230 Å². The van der Waals surface area contributed by atoms with E-state index in [1.165, 1.54) is 0 Å². The van der Waals surface area contributed by atoms with Gasteiger partial charge in [0.05, 0.1) is 11.6 Å². The van der Waals surface area contributed by atoms with E-state index in [1.807, 2.05) is 49.4 Å². The average Bonchev–Trinajstić information content (AvgIpc) is 3.16. The van der Waals surface area contributed by atoms with Crippen LogP contribution in [0.4, 0.5) is 0 Å². The molecule has 0 spiro atoms. The highest BCUT2D eigenvalue weighted by Gasteiger charge is 2.45. The molecule has 1 amide bonds. The second-order valence-electron chi connectivity index (χ2n) is 11.0. The minimum Gasteiger partial charge on any atom is -0.507 e. The summed E-state index contributed by atoms with van der Waals surface area (Å²) in [7, 11) is 1.60. The van der Waals surface area contributed by atoms with Gasteiger partial charge in [0.25, 0.3) is 11.7 Å². The van der Waals surface area contributed by atoms with Crippen molar-refractivity contribution in [1.29, 1.82) is 0 Å². The van der Waals surface area contributed by atoms with Gasteiger partial charge in [-0.05, 0) is 59.7 Å². The Morgan fingerprint density at radius 1 is 0.974 bits per heavy atom. The first kappa shape index (κ1) is 28.1. The maximum Gasteiger partial charge on any atom is 0.295 e. The number of aliphatic hydroxyl groups excluding tert-OH is 1. The number of carbonyl (C=O) groups is 2. The number of rotatable bonds is 9. The van der Waals surface area contributed by atoms with Gasteiger partial charge in [-0.2, -0.15) is 0 Å². The van der Waals surface area contributed by atoms with Gasteiger partial charge in [-0.3, -0.25) is 9.59 Å². The van der Waals surface area contributed by atoms with Crippen LogP contribution >= 0.6 is 0 Å². The van der Waals surface area contributed by atoms with E-state index in [0.717, 1.165) is 22.3 Å². The largest absolute Gasteiger partial charge is 0.507 e. The summed E-state index contributed by atoms with van der Waals surface area (Å²) in [4.78, 5) is 27.9. The van der Waals surface area contributed by atoms with E-state index in [-0.39, 0.29) is 16.7 Å². The van der Waals surface area contributed by atoms with Crippen molar-refractivity contribution in [3.05, 3.63) is 106 Å². The summed E-state index contributed by atoms with van der Waals surface area (Å²) >= 11 is 0. The van der Waals surface area contributed by atoms with Crippen LogP contribution in [-0.4, -0.2) is 42.0 Å². The summed E-state index contributed by atoms with van der Waals surface area (Å²) in [6.45, 7) is 9.65. The summed E-state index contributed by atoms with van der Waals surface area (Å²) in [5.74, 6) is -0.856. The minimum atomic E-state index is -0.687. The fourth-order valence-electron chi connectivity index (χ4n) is 4.83. The number of carbonyl (C=O) groups excluding carboxylic acids is 2. The van der Waals surface area contributed by atoms with Crippen LogP contribution in [0, 0.1) is 6.92 Å². The van der Waals surface area contributed by atoms with E-state index in [1.54, 1.807) is 36.3 Å². The number of ketones is 1. The summed E-state index contributed by atoms with van der Waals surface area (Å²) in [6, 6.07) is 22.3. The van der Waals surface area contributed by atoms with E-state index in [4.69, 9.17) is 9.47 Å². The number of aryl methyl sites for hydroxylation is 1. The van der Waals surface area contributed by atoms with E-state index < -0.39 is 17.7 Å². The van der Waals surface area contributed by atoms with Gasteiger partial charge in [0.2, 0.25) is 0 Å². The van der Waals surface area contributed by atoms with Gasteiger partial charge in [-0.15, -0.1) is 0 Å². The van der Waals surface area contributed by atoms with E-state index >= 15 is 0 Å². The van der Waals surface area contributed by atoms with Crippen LogP contribution in [0.2, 0.25) is 0 Å². The molecule has 3 aromatic rings. The molecular formula is C33H37NO5. The molecule has 6 nitrogen and oxygen atoms in total. The predicted molar refractivity (Wildman–Crippen MR) is 153 cm³/mol. The standard InChI is InChI=1S/C33H37NO5/c1-22-8-6-9-23(20-22)21-39-27-16-12-25(13-17-27)30(35)28-29(24-10-14-26(15-11-24)33(2,3)4)34(18-7-19-38-5)32(37)31(28)36/h6,8-17,20,29,35H,7,18-19,21H2,1-5H3. The second-order valence-corrected chi connectivity index (χ2v) is 11.0. The second kappa shape index (κ2) is 11.9. The lowest BCUT2D eigenvalue weighted by molar-refractivity contribution is -0.140. The van der Waals surface area contributed by atoms with Crippen LogP contribution in [0.25, 0.3) is 5.76 Å². The molecule has 39 heavy (non-hydrogen) atoms. The first-order valence-electron chi connectivity index (χ1n) is 13.3. The fourth-order valence-corrected chi connectivity index (χ4v) is 4.83. The van der Waals surface area contributed by atoms with Crippen LogP contribution in [0.1, 0.15) is 61.1 Å². The van der Waals surface area contributed by atoms with E-state index in [9.17, 15) is 14.7 Å². The van der Waals surface area contributed by atoms with Crippen LogP contribution < -0.4 is 4.74 Å². The molecule has 1 unspecified atom stereocenters. The number of hydrogen-bond donors (Lipinski definition) is 1. The van der Waals surface area contributed by atoms with Gasteiger partial charge >= 0.3 is 0 Å². The third-order valence-corrected chi connectivity index (χ3v) is 7.00. The number of nitrogens with zero attached hydrogens (tertiary/aromatic N) is 1. The first-order valence-corrected chi connectivity index (χ1v) is 13.3. The van der Waals surface area contributed by atoms with Crippen LogP contribution in [0.5, 0.6) is 5.75 Å². The highest BCUT2D eigenvalue weighted by molar-refractivity contribution is 6.46. The number of methoxy groups -OCH3 is 1. The molecule has 204 valence electrons. The van der Waals surface area contributed by atoms with Crippen molar-refractivity contribution in [2.45, 2.75) is 52.2 Å². The lowest BCUT2D eigenvalue weighted by Crippen LogP contribution is -2.31. The highest BCUT2D eigenvalue weighted by Crippen LogP contribution is 2.40. The number of benzene rings is 3. The van der Waals surface area contributed by atoms with Crippen molar-refractivity contribution >= 4 is 17.4 Å². The van der Waals surface area contributed by atoms with Crippen molar-refractivity contribution in [2.24, 2.45) is 0 Å². The molecule has 0 aliphatic carbocycles. The topological polar surface area (TPSA) is 76.1 Å². The Morgan fingerprint density at radius 2 is 1.67 bits per heavy atom. The van der Waals surface area contributed by atoms with Crippen LogP contribution in [-0.2, 0) is 26.3 Å². The lowest BCUT2D eigenvalue weighted by Gasteiger charge is -2.26. The van der Waals surface area contributed by atoms with Crippen molar-refractivity contribution in [3.63, 3.8) is 0 Å². The molecule has 1 fully saturated rings. The number of ether oxygens (including phenoxy) is 2. The molecule has 0 bridgehead atoms. The molecule has 1 heterocycles. The van der Waals surface area contributed by atoms with Crippen molar-refractivity contribution in [1.82, 2.24) is 4.90 Å². The predicted octanol–water partition coefficient (Wildman–Crippen LogP) is 6.33. The average molecular weight is 528 g/mol. The first-order chi connectivity index (χ1) is 18.6. The number of likely N-dealkylation sites (tertiary alicyclic amines) is 1. The Balaban J connectivity index is 1.65. The molecule has 1 atom stereocenters. The molecule has 3 aromatic carbocycles. The maximum atomic E-state index is 13.3. The summed E-state index contributed by atoms with van der Waals surface area (Å²) in [5, 5.41) is 11.4. The number of aliphatic hydroxyl groups is 1. The molecule has 1 aliphatic heterocycles.